The van der Waals surface area contributed by atoms with E-state index in [-0.39, 0.29) is 30.7 Å². The molecule has 1 aliphatic heterocycles. The second kappa shape index (κ2) is 10.3. The molecule has 0 atom stereocenters. The first-order valence-electron chi connectivity index (χ1n) is 7.70. The number of nitrogens with zero attached hydrogens (tertiary/aromatic N) is 1. The SMILES string of the molecule is Cl.Cl.O=C(CN1CCNCC1)Nc1ccccc1-c1ccccc1. The summed E-state index contributed by atoms with van der Waals surface area (Å²) in [4.78, 5) is 14.5. The predicted octanol–water partition coefficient (Wildman–Crippen LogP) is 3.04. The molecule has 1 fully saturated rings. The zero-order valence-corrected chi connectivity index (χ0v) is 15.0. The van der Waals surface area contributed by atoms with Crippen LogP contribution in [0.5, 0.6) is 0 Å². The van der Waals surface area contributed by atoms with E-state index in [1.807, 2.05) is 42.5 Å². The van der Waals surface area contributed by atoms with Gasteiger partial charge in [-0.3, -0.25) is 9.69 Å². The molecule has 1 aliphatic rings. The van der Waals surface area contributed by atoms with Crippen molar-refractivity contribution in [3.05, 3.63) is 54.6 Å². The Labute approximate surface area is 155 Å². The van der Waals surface area contributed by atoms with Crippen molar-refractivity contribution >= 4 is 36.4 Å². The van der Waals surface area contributed by atoms with Crippen LogP contribution in [0, 0.1) is 0 Å². The molecule has 130 valence electrons. The van der Waals surface area contributed by atoms with Crippen molar-refractivity contribution in [1.29, 1.82) is 0 Å². The van der Waals surface area contributed by atoms with Crippen molar-refractivity contribution in [1.82, 2.24) is 10.2 Å². The summed E-state index contributed by atoms with van der Waals surface area (Å²) in [5.41, 5.74) is 3.03. The van der Waals surface area contributed by atoms with Gasteiger partial charge in [0, 0.05) is 37.4 Å². The third kappa shape index (κ3) is 5.49. The maximum Gasteiger partial charge on any atom is 0.238 e. The lowest BCUT2D eigenvalue weighted by molar-refractivity contribution is -0.117. The van der Waals surface area contributed by atoms with E-state index < -0.39 is 0 Å². The van der Waals surface area contributed by atoms with Crippen LogP contribution in [-0.2, 0) is 4.79 Å². The Morgan fingerprint density at radius 1 is 0.958 bits per heavy atom. The van der Waals surface area contributed by atoms with Gasteiger partial charge in [-0.1, -0.05) is 48.5 Å². The molecule has 0 radical (unpaired) electrons. The Morgan fingerprint density at radius 3 is 2.29 bits per heavy atom. The van der Waals surface area contributed by atoms with Crippen molar-refractivity contribution in [2.24, 2.45) is 0 Å². The smallest absolute Gasteiger partial charge is 0.238 e. The molecule has 24 heavy (non-hydrogen) atoms. The van der Waals surface area contributed by atoms with Gasteiger partial charge >= 0.3 is 0 Å². The van der Waals surface area contributed by atoms with Crippen molar-refractivity contribution in [2.75, 3.05) is 38.0 Å². The zero-order chi connectivity index (χ0) is 15.2. The average molecular weight is 368 g/mol. The van der Waals surface area contributed by atoms with Crippen LogP contribution in [-0.4, -0.2) is 43.5 Å². The van der Waals surface area contributed by atoms with Gasteiger partial charge < -0.3 is 10.6 Å². The van der Waals surface area contributed by atoms with Crippen molar-refractivity contribution < 1.29 is 4.79 Å². The summed E-state index contributed by atoms with van der Waals surface area (Å²) in [5.74, 6) is 0.0466. The van der Waals surface area contributed by atoms with Gasteiger partial charge in [-0.15, -0.1) is 24.8 Å². The lowest BCUT2D eigenvalue weighted by Gasteiger charge is -2.26. The number of rotatable bonds is 4. The van der Waals surface area contributed by atoms with Crippen LogP contribution < -0.4 is 10.6 Å². The van der Waals surface area contributed by atoms with Gasteiger partial charge in [-0.05, 0) is 11.6 Å². The lowest BCUT2D eigenvalue weighted by atomic mass is 10.0. The van der Waals surface area contributed by atoms with Crippen LogP contribution in [0.3, 0.4) is 0 Å². The van der Waals surface area contributed by atoms with Crippen molar-refractivity contribution in [3.63, 3.8) is 0 Å². The normalized spacial score (nSPS) is 14.2. The van der Waals surface area contributed by atoms with E-state index in [4.69, 9.17) is 0 Å². The Morgan fingerprint density at radius 2 is 1.58 bits per heavy atom. The Hall–Kier alpha value is -1.59. The van der Waals surface area contributed by atoms with Gasteiger partial charge in [0.1, 0.15) is 0 Å². The topological polar surface area (TPSA) is 44.4 Å². The van der Waals surface area contributed by atoms with E-state index in [0.717, 1.165) is 43.0 Å². The van der Waals surface area contributed by atoms with E-state index in [2.05, 4.69) is 27.7 Å². The second-order valence-corrected chi connectivity index (χ2v) is 5.49. The minimum Gasteiger partial charge on any atom is -0.324 e. The standard InChI is InChI=1S/C18H21N3O.2ClH/c22-18(14-21-12-10-19-11-13-21)20-17-9-5-4-8-16(17)15-6-2-1-3-7-15;;/h1-9,19H,10-14H2,(H,20,22);2*1H. The number of anilines is 1. The Bertz CT molecular complexity index is 631. The van der Waals surface area contributed by atoms with E-state index in [1.165, 1.54) is 0 Å². The zero-order valence-electron chi connectivity index (χ0n) is 13.4. The Balaban J connectivity index is 0.00000144. The highest BCUT2D eigenvalue weighted by molar-refractivity contribution is 5.96. The molecule has 1 heterocycles. The average Bonchev–Trinajstić information content (AvgIpc) is 2.57. The Kier molecular flexibility index (Phi) is 8.79. The van der Waals surface area contributed by atoms with Gasteiger partial charge in [0.25, 0.3) is 0 Å². The number of hydrogen-bond acceptors (Lipinski definition) is 3. The largest absolute Gasteiger partial charge is 0.324 e. The molecule has 1 amide bonds. The number of benzene rings is 2. The highest BCUT2D eigenvalue weighted by Gasteiger charge is 2.14. The van der Waals surface area contributed by atoms with Gasteiger partial charge in [0.05, 0.1) is 6.54 Å². The van der Waals surface area contributed by atoms with Crippen LogP contribution in [0.1, 0.15) is 0 Å². The van der Waals surface area contributed by atoms with E-state index in [1.54, 1.807) is 0 Å². The lowest BCUT2D eigenvalue weighted by Crippen LogP contribution is -2.46. The second-order valence-electron chi connectivity index (χ2n) is 5.49. The fraction of sp³-hybridized carbons (Fsp3) is 0.278. The molecule has 0 aliphatic carbocycles. The number of halogens is 2. The van der Waals surface area contributed by atoms with Crippen LogP contribution in [0.25, 0.3) is 11.1 Å². The molecule has 6 heteroatoms. The molecular formula is C18H23Cl2N3O. The molecule has 2 aromatic carbocycles. The highest BCUT2D eigenvalue weighted by Crippen LogP contribution is 2.27. The van der Waals surface area contributed by atoms with Crippen LogP contribution in [0.15, 0.2) is 54.6 Å². The van der Waals surface area contributed by atoms with Gasteiger partial charge in [0.2, 0.25) is 5.91 Å². The number of nitrogens with one attached hydrogen (secondary N) is 2. The number of carbonyl (C=O) groups is 1. The first-order valence-corrected chi connectivity index (χ1v) is 7.70. The number of amides is 1. The molecular weight excluding hydrogens is 345 g/mol. The quantitative estimate of drug-likeness (QED) is 0.872. The molecule has 0 aromatic heterocycles. The minimum absolute atomic E-state index is 0. The maximum absolute atomic E-state index is 12.3. The van der Waals surface area contributed by atoms with E-state index in [0.29, 0.717) is 6.54 Å². The molecule has 0 spiro atoms. The molecule has 2 N–H and O–H groups in total. The van der Waals surface area contributed by atoms with Crippen molar-refractivity contribution in [3.8, 4) is 11.1 Å². The molecule has 0 saturated carbocycles. The predicted molar refractivity (Wildman–Crippen MR) is 104 cm³/mol. The summed E-state index contributed by atoms with van der Waals surface area (Å²) in [6, 6.07) is 18.1. The summed E-state index contributed by atoms with van der Waals surface area (Å²) in [5, 5.41) is 6.35. The van der Waals surface area contributed by atoms with Crippen LogP contribution >= 0.6 is 24.8 Å². The molecule has 3 rings (SSSR count). The molecule has 0 unspecified atom stereocenters. The van der Waals surface area contributed by atoms with Gasteiger partial charge in [-0.2, -0.15) is 0 Å². The first kappa shape index (κ1) is 20.5. The number of carbonyl (C=O) groups excluding carboxylic acids is 1. The summed E-state index contributed by atoms with van der Waals surface area (Å²) < 4.78 is 0. The van der Waals surface area contributed by atoms with Crippen LogP contribution in [0.4, 0.5) is 5.69 Å². The van der Waals surface area contributed by atoms with Crippen molar-refractivity contribution in [2.45, 2.75) is 0 Å². The third-order valence-electron chi connectivity index (χ3n) is 3.86. The van der Waals surface area contributed by atoms with E-state index in [9.17, 15) is 4.79 Å². The molecule has 4 nitrogen and oxygen atoms in total. The summed E-state index contributed by atoms with van der Waals surface area (Å²) in [6.45, 7) is 4.20. The summed E-state index contributed by atoms with van der Waals surface area (Å²) >= 11 is 0. The molecule has 2 aromatic rings. The van der Waals surface area contributed by atoms with Crippen LogP contribution in [0.2, 0.25) is 0 Å². The number of hydrogen-bond donors (Lipinski definition) is 2. The fourth-order valence-corrected chi connectivity index (χ4v) is 2.72. The highest BCUT2D eigenvalue weighted by atomic mass is 35.5. The minimum atomic E-state index is 0. The summed E-state index contributed by atoms with van der Waals surface area (Å²) in [6.07, 6.45) is 0. The maximum atomic E-state index is 12.3. The van der Waals surface area contributed by atoms with Gasteiger partial charge in [0.15, 0.2) is 0 Å². The first-order chi connectivity index (χ1) is 10.8. The third-order valence-corrected chi connectivity index (χ3v) is 3.86. The van der Waals surface area contributed by atoms with E-state index >= 15 is 0 Å². The molecule has 1 saturated heterocycles. The monoisotopic (exact) mass is 367 g/mol. The van der Waals surface area contributed by atoms with Gasteiger partial charge in [-0.25, -0.2) is 0 Å². The number of piperazine rings is 1. The molecule has 0 bridgehead atoms. The number of para-hydroxylation sites is 1. The summed E-state index contributed by atoms with van der Waals surface area (Å²) in [7, 11) is 0. The fourth-order valence-electron chi connectivity index (χ4n) is 2.72.